The number of benzene rings is 1. The summed E-state index contributed by atoms with van der Waals surface area (Å²) < 4.78 is 16.7. The van der Waals surface area contributed by atoms with Crippen molar-refractivity contribution in [3.63, 3.8) is 0 Å². The minimum absolute atomic E-state index is 0.0301. The third kappa shape index (κ3) is 2.67. The van der Waals surface area contributed by atoms with Crippen molar-refractivity contribution in [2.24, 2.45) is 0 Å². The van der Waals surface area contributed by atoms with Gasteiger partial charge in [0.1, 0.15) is 0 Å². The summed E-state index contributed by atoms with van der Waals surface area (Å²) in [6.45, 7) is 5.04. The number of ether oxygens (including phenoxy) is 3. The molecule has 0 saturated heterocycles. The van der Waals surface area contributed by atoms with Crippen molar-refractivity contribution in [1.29, 1.82) is 0 Å². The van der Waals surface area contributed by atoms with E-state index in [1.54, 1.807) is 14.2 Å². The van der Waals surface area contributed by atoms with Gasteiger partial charge in [-0.25, -0.2) is 0 Å². The maximum absolute atomic E-state index is 5.95. The van der Waals surface area contributed by atoms with Crippen molar-refractivity contribution in [3.05, 3.63) is 23.3 Å². The predicted octanol–water partition coefficient (Wildman–Crippen LogP) is 3.68. The molecule has 1 aliphatic heterocycles. The number of fused-ring (bicyclic) bond motifs is 1. The van der Waals surface area contributed by atoms with Gasteiger partial charge in [0, 0.05) is 11.3 Å². The topological polar surface area (TPSA) is 27.7 Å². The normalized spacial score (nSPS) is 20.8. The van der Waals surface area contributed by atoms with Crippen LogP contribution in [0, 0.1) is 0 Å². The van der Waals surface area contributed by atoms with E-state index in [0.717, 1.165) is 23.5 Å². The van der Waals surface area contributed by atoms with Crippen molar-refractivity contribution in [1.82, 2.24) is 0 Å². The summed E-state index contributed by atoms with van der Waals surface area (Å²) in [7, 11) is 3.31. The lowest BCUT2D eigenvalue weighted by Crippen LogP contribution is -2.33. The molecule has 0 fully saturated rings. The number of methoxy groups -OCH3 is 2. The molecule has 3 nitrogen and oxygen atoms in total. The maximum atomic E-state index is 5.95. The maximum Gasteiger partial charge on any atom is 0.161 e. The highest BCUT2D eigenvalue weighted by Crippen LogP contribution is 2.44. The molecule has 0 aliphatic carbocycles. The minimum atomic E-state index is -0.0301. The van der Waals surface area contributed by atoms with Crippen LogP contribution in [-0.4, -0.2) is 26.7 Å². The van der Waals surface area contributed by atoms with Crippen LogP contribution in [0.2, 0.25) is 0 Å². The highest BCUT2D eigenvalue weighted by molar-refractivity contribution is 6.17. The molecule has 0 N–H and O–H groups in total. The van der Waals surface area contributed by atoms with Crippen LogP contribution in [0.3, 0.4) is 0 Å². The van der Waals surface area contributed by atoms with Crippen molar-refractivity contribution < 1.29 is 14.2 Å². The molecule has 1 atom stereocenters. The Bertz CT molecular complexity index is 457. The summed E-state index contributed by atoms with van der Waals surface area (Å²) in [6, 6.07) is 4.09. The molecule has 4 heteroatoms. The lowest BCUT2D eigenvalue weighted by atomic mass is 9.78. The van der Waals surface area contributed by atoms with Crippen LogP contribution < -0.4 is 9.47 Å². The second-order valence-electron chi connectivity index (χ2n) is 5.46. The first kappa shape index (κ1) is 14.5. The van der Waals surface area contributed by atoms with Crippen LogP contribution in [0.4, 0.5) is 0 Å². The Kier molecular flexibility index (Phi) is 4.26. The molecule has 0 radical (unpaired) electrons. The third-order valence-electron chi connectivity index (χ3n) is 3.65. The van der Waals surface area contributed by atoms with Crippen LogP contribution in [0.1, 0.15) is 37.5 Å². The van der Waals surface area contributed by atoms with Crippen molar-refractivity contribution in [3.8, 4) is 11.5 Å². The molecular weight excluding hydrogens is 264 g/mol. The fraction of sp³-hybridized carbons (Fsp3) is 0.600. The summed E-state index contributed by atoms with van der Waals surface area (Å²) in [5.41, 5.74) is 2.39. The van der Waals surface area contributed by atoms with Crippen LogP contribution in [0.25, 0.3) is 0 Å². The molecule has 0 amide bonds. The number of rotatable bonds is 4. The van der Waals surface area contributed by atoms with E-state index in [4.69, 9.17) is 25.8 Å². The van der Waals surface area contributed by atoms with Gasteiger partial charge < -0.3 is 14.2 Å². The molecule has 106 valence electrons. The lowest BCUT2D eigenvalue weighted by Gasteiger charge is -2.37. The Labute approximate surface area is 119 Å². The van der Waals surface area contributed by atoms with Crippen molar-refractivity contribution >= 4 is 11.6 Å². The van der Waals surface area contributed by atoms with Gasteiger partial charge in [0.15, 0.2) is 11.5 Å². The first-order valence-corrected chi connectivity index (χ1v) is 7.01. The SMILES string of the molecule is COc1cc2c(cc1OC)C(C)(C)CO[C@H]2CCCl. The quantitative estimate of drug-likeness (QED) is 0.790. The van der Waals surface area contributed by atoms with E-state index in [9.17, 15) is 0 Å². The third-order valence-corrected chi connectivity index (χ3v) is 3.87. The molecule has 0 aromatic heterocycles. The summed E-state index contributed by atoms with van der Waals surface area (Å²) in [5, 5.41) is 0. The number of hydrogen-bond donors (Lipinski definition) is 0. The van der Waals surface area contributed by atoms with E-state index in [2.05, 4.69) is 19.9 Å². The fourth-order valence-electron chi connectivity index (χ4n) is 2.56. The average Bonchev–Trinajstić information content (AvgIpc) is 2.41. The van der Waals surface area contributed by atoms with Gasteiger partial charge in [-0.1, -0.05) is 13.8 Å². The Hall–Kier alpha value is -0.930. The van der Waals surface area contributed by atoms with Gasteiger partial charge >= 0.3 is 0 Å². The Morgan fingerprint density at radius 1 is 1.26 bits per heavy atom. The molecule has 0 bridgehead atoms. The molecule has 19 heavy (non-hydrogen) atoms. The predicted molar refractivity (Wildman–Crippen MR) is 76.6 cm³/mol. The van der Waals surface area contributed by atoms with Crippen LogP contribution >= 0.6 is 11.6 Å². The van der Waals surface area contributed by atoms with Crippen LogP contribution in [0.15, 0.2) is 12.1 Å². The number of alkyl halides is 1. The smallest absolute Gasteiger partial charge is 0.161 e. The van der Waals surface area contributed by atoms with Gasteiger partial charge in [-0.05, 0) is 29.7 Å². The van der Waals surface area contributed by atoms with Gasteiger partial charge in [0.2, 0.25) is 0 Å². The molecule has 2 rings (SSSR count). The standard InChI is InChI=1S/C15H21ClO3/c1-15(2)9-19-12(5-6-16)10-7-13(17-3)14(18-4)8-11(10)15/h7-8,12H,5-6,9H2,1-4H3/t12-/m0/s1. The second kappa shape index (κ2) is 5.59. The van der Waals surface area contributed by atoms with E-state index in [-0.39, 0.29) is 11.5 Å². The van der Waals surface area contributed by atoms with Gasteiger partial charge in [0.05, 0.1) is 26.9 Å². The molecule has 1 aliphatic rings. The number of halogens is 1. The van der Waals surface area contributed by atoms with E-state index in [1.165, 1.54) is 5.56 Å². The molecule has 1 heterocycles. The summed E-state index contributed by atoms with van der Waals surface area (Å²) in [5.74, 6) is 2.08. The summed E-state index contributed by atoms with van der Waals surface area (Å²) in [6.07, 6.45) is 0.848. The van der Waals surface area contributed by atoms with Gasteiger partial charge in [-0.2, -0.15) is 0 Å². The summed E-state index contributed by atoms with van der Waals surface area (Å²) in [4.78, 5) is 0. The first-order valence-electron chi connectivity index (χ1n) is 6.47. The molecule has 0 unspecified atom stereocenters. The number of hydrogen-bond acceptors (Lipinski definition) is 3. The second-order valence-corrected chi connectivity index (χ2v) is 5.83. The minimum Gasteiger partial charge on any atom is -0.493 e. The monoisotopic (exact) mass is 284 g/mol. The van der Waals surface area contributed by atoms with Crippen LogP contribution in [-0.2, 0) is 10.2 Å². The van der Waals surface area contributed by atoms with Gasteiger partial charge in [-0.3, -0.25) is 0 Å². The van der Waals surface area contributed by atoms with E-state index in [1.807, 2.05) is 6.07 Å². The van der Waals surface area contributed by atoms with E-state index in [0.29, 0.717) is 12.5 Å². The lowest BCUT2D eigenvalue weighted by molar-refractivity contribution is 0.00496. The highest BCUT2D eigenvalue weighted by atomic mass is 35.5. The highest BCUT2D eigenvalue weighted by Gasteiger charge is 2.34. The van der Waals surface area contributed by atoms with Crippen LogP contribution in [0.5, 0.6) is 11.5 Å². The zero-order valence-corrected chi connectivity index (χ0v) is 12.7. The Morgan fingerprint density at radius 2 is 1.89 bits per heavy atom. The van der Waals surface area contributed by atoms with Crippen molar-refractivity contribution in [2.75, 3.05) is 26.7 Å². The Morgan fingerprint density at radius 3 is 2.47 bits per heavy atom. The molecular formula is C15H21ClO3. The van der Waals surface area contributed by atoms with Gasteiger partial charge in [0.25, 0.3) is 0 Å². The van der Waals surface area contributed by atoms with Gasteiger partial charge in [-0.15, -0.1) is 11.6 Å². The molecule has 0 saturated carbocycles. The first-order chi connectivity index (χ1) is 9.03. The zero-order chi connectivity index (χ0) is 14.0. The van der Waals surface area contributed by atoms with Crippen molar-refractivity contribution in [2.45, 2.75) is 31.8 Å². The summed E-state index contributed by atoms with van der Waals surface area (Å²) >= 11 is 5.87. The van der Waals surface area contributed by atoms with E-state index < -0.39 is 0 Å². The largest absolute Gasteiger partial charge is 0.493 e. The fourth-order valence-corrected chi connectivity index (χ4v) is 2.76. The Balaban J connectivity index is 2.54. The average molecular weight is 285 g/mol. The molecule has 0 spiro atoms. The molecule has 1 aromatic carbocycles. The molecule has 1 aromatic rings. The zero-order valence-electron chi connectivity index (χ0n) is 12.0. The van der Waals surface area contributed by atoms with E-state index >= 15 is 0 Å².